The molecule has 1 aromatic heterocycles. The molecule has 5 nitrogen and oxygen atoms in total. The van der Waals surface area contributed by atoms with Gasteiger partial charge in [0.05, 0.1) is 16.2 Å². The van der Waals surface area contributed by atoms with Crippen molar-refractivity contribution in [2.45, 2.75) is 11.8 Å². The van der Waals surface area contributed by atoms with Crippen LogP contribution in [0.4, 0.5) is 0 Å². The molecule has 124 valence electrons. The highest BCUT2D eigenvalue weighted by atomic mass is 32.2. The lowest BCUT2D eigenvalue weighted by molar-refractivity contribution is -0.111. The van der Waals surface area contributed by atoms with E-state index in [1.807, 2.05) is 0 Å². The zero-order valence-corrected chi connectivity index (χ0v) is 14.5. The highest BCUT2D eigenvalue weighted by Crippen LogP contribution is 2.26. The van der Waals surface area contributed by atoms with E-state index in [1.54, 1.807) is 49.8 Å². The Bertz CT molecular complexity index is 897. The van der Waals surface area contributed by atoms with Gasteiger partial charge < -0.3 is 0 Å². The number of benzene rings is 1. The minimum absolute atomic E-state index is 0.143. The Morgan fingerprint density at radius 3 is 2.25 bits per heavy atom. The molecule has 0 radical (unpaired) electrons. The van der Waals surface area contributed by atoms with Crippen molar-refractivity contribution in [3.63, 3.8) is 0 Å². The van der Waals surface area contributed by atoms with Gasteiger partial charge in [0.25, 0.3) is 0 Å². The molecule has 1 aromatic carbocycles. The fourth-order valence-electron chi connectivity index (χ4n) is 2.31. The predicted molar refractivity (Wildman–Crippen MR) is 95.7 cm³/mol. The van der Waals surface area contributed by atoms with E-state index < -0.39 is 9.84 Å². The van der Waals surface area contributed by atoms with Crippen molar-refractivity contribution < 1.29 is 13.2 Å². The van der Waals surface area contributed by atoms with Gasteiger partial charge in [-0.2, -0.15) is 0 Å². The van der Waals surface area contributed by atoms with Crippen LogP contribution in [0.5, 0.6) is 0 Å². The van der Waals surface area contributed by atoms with Gasteiger partial charge in [-0.15, -0.1) is 0 Å². The van der Waals surface area contributed by atoms with Crippen molar-refractivity contribution in [3.8, 4) is 0 Å². The lowest BCUT2D eigenvalue weighted by atomic mass is 9.95. The molecule has 2 rings (SSSR count). The molecule has 0 N–H and O–H groups in total. The molecule has 0 aliphatic carbocycles. The van der Waals surface area contributed by atoms with Gasteiger partial charge in [0.2, 0.25) is 0 Å². The summed E-state index contributed by atoms with van der Waals surface area (Å²) in [7, 11) is -1.66. The Kier molecular flexibility index (Phi) is 5.41. The van der Waals surface area contributed by atoms with E-state index in [0.717, 1.165) is 6.26 Å². The molecule has 0 amide bonds. The van der Waals surface area contributed by atoms with Crippen molar-refractivity contribution in [3.05, 3.63) is 59.9 Å². The first-order chi connectivity index (χ1) is 11.3. The van der Waals surface area contributed by atoms with Crippen molar-refractivity contribution in [1.29, 1.82) is 0 Å². The molecule has 0 saturated carbocycles. The van der Waals surface area contributed by atoms with Crippen LogP contribution >= 0.6 is 0 Å². The van der Waals surface area contributed by atoms with E-state index in [4.69, 9.17) is 0 Å². The molecule has 0 saturated heterocycles. The van der Waals surface area contributed by atoms with Gasteiger partial charge in [0.15, 0.2) is 15.6 Å². The standard InChI is InChI=1S/C18H18N2O3S/c1-13(21)18(17-6-4-5-11-20-17)16(12-19-2)14-7-9-15(10-8-14)24(3,22)23/h4-12H,1-3H3/b18-16-,19-12?. The van der Waals surface area contributed by atoms with Crippen LogP contribution in [0, 0.1) is 0 Å². The molecule has 1 heterocycles. The highest BCUT2D eigenvalue weighted by Gasteiger charge is 2.16. The maximum absolute atomic E-state index is 12.2. The Balaban J connectivity index is 2.68. The SMILES string of the molecule is CN=C/C(=C(\C(C)=O)c1ccccn1)c1ccc(S(C)(=O)=O)cc1. The minimum atomic E-state index is -3.28. The second kappa shape index (κ2) is 7.31. The number of allylic oxidation sites excluding steroid dienone is 2. The number of Topliss-reactive ketones (excluding diaryl/α,β-unsaturated/α-hetero) is 1. The predicted octanol–water partition coefficient (Wildman–Crippen LogP) is 2.69. The number of hydrogen-bond donors (Lipinski definition) is 0. The third-order valence-electron chi connectivity index (χ3n) is 3.39. The minimum Gasteiger partial charge on any atom is -0.296 e. The zero-order chi connectivity index (χ0) is 17.7. The number of carbonyl (C=O) groups is 1. The van der Waals surface area contributed by atoms with Crippen LogP contribution in [-0.2, 0) is 14.6 Å². The first-order valence-corrected chi connectivity index (χ1v) is 9.13. The summed E-state index contributed by atoms with van der Waals surface area (Å²) >= 11 is 0. The Hall–Kier alpha value is -2.60. The fraction of sp³-hybridized carbons (Fsp3) is 0.167. The summed E-state index contributed by atoms with van der Waals surface area (Å²) in [4.78, 5) is 20.7. The summed E-state index contributed by atoms with van der Waals surface area (Å²) in [5.41, 5.74) is 2.29. The lowest BCUT2D eigenvalue weighted by Crippen LogP contribution is -2.04. The van der Waals surface area contributed by atoms with Gasteiger partial charge in [-0.1, -0.05) is 18.2 Å². The Labute approximate surface area is 141 Å². The molecular weight excluding hydrogens is 324 g/mol. The number of rotatable bonds is 5. The molecule has 0 bridgehead atoms. The summed E-state index contributed by atoms with van der Waals surface area (Å²) in [6.45, 7) is 1.47. The monoisotopic (exact) mass is 342 g/mol. The number of aromatic nitrogens is 1. The molecule has 0 unspecified atom stereocenters. The molecule has 6 heteroatoms. The van der Waals surface area contributed by atoms with Crippen LogP contribution in [0.3, 0.4) is 0 Å². The average Bonchev–Trinajstić information content (AvgIpc) is 2.54. The molecule has 0 aliphatic rings. The number of ketones is 1. The summed E-state index contributed by atoms with van der Waals surface area (Å²) < 4.78 is 23.2. The van der Waals surface area contributed by atoms with Crippen molar-refractivity contribution in [1.82, 2.24) is 4.98 Å². The van der Waals surface area contributed by atoms with Gasteiger partial charge >= 0.3 is 0 Å². The number of aliphatic imine (C=N–C) groups is 1. The summed E-state index contributed by atoms with van der Waals surface area (Å²) in [6, 6.07) is 11.7. The van der Waals surface area contributed by atoms with Crippen LogP contribution in [0.15, 0.2) is 58.5 Å². The summed E-state index contributed by atoms with van der Waals surface area (Å²) in [6.07, 6.45) is 4.35. The van der Waals surface area contributed by atoms with E-state index in [0.29, 0.717) is 22.4 Å². The van der Waals surface area contributed by atoms with Crippen LogP contribution in [0.2, 0.25) is 0 Å². The van der Waals surface area contributed by atoms with E-state index in [1.165, 1.54) is 19.1 Å². The maximum atomic E-state index is 12.2. The largest absolute Gasteiger partial charge is 0.296 e. The Morgan fingerprint density at radius 1 is 1.12 bits per heavy atom. The number of pyridine rings is 1. The second-order valence-corrected chi connectivity index (χ2v) is 7.26. The van der Waals surface area contributed by atoms with E-state index in [2.05, 4.69) is 9.98 Å². The first kappa shape index (κ1) is 17.7. The molecule has 0 aliphatic heterocycles. The molecule has 0 atom stereocenters. The van der Waals surface area contributed by atoms with Crippen LogP contribution in [0.25, 0.3) is 11.1 Å². The number of nitrogens with zero attached hydrogens (tertiary/aromatic N) is 2. The summed E-state index contributed by atoms with van der Waals surface area (Å²) in [5.74, 6) is -0.143. The molecule has 24 heavy (non-hydrogen) atoms. The Morgan fingerprint density at radius 2 is 1.79 bits per heavy atom. The lowest BCUT2D eigenvalue weighted by Gasteiger charge is -2.10. The first-order valence-electron chi connectivity index (χ1n) is 7.24. The van der Waals surface area contributed by atoms with E-state index in [9.17, 15) is 13.2 Å². The van der Waals surface area contributed by atoms with Crippen molar-refractivity contribution >= 4 is 33.0 Å². The molecule has 2 aromatic rings. The quantitative estimate of drug-likeness (QED) is 0.618. The molecule has 0 spiro atoms. The van der Waals surface area contributed by atoms with Gasteiger partial charge in [0.1, 0.15) is 0 Å². The second-order valence-electron chi connectivity index (χ2n) is 5.24. The van der Waals surface area contributed by atoms with Crippen molar-refractivity contribution in [2.24, 2.45) is 4.99 Å². The van der Waals surface area contributed by atoms with E-state index in [-0.39, 0.29) is 10.7 Å². The van der Waals surface area contributed by atoms with Gasteiger partial charge in [-0.3, -0.25) is 14.8 Å². The average molecular weight is 342 g/mol. The van der Waals surface area contributed by atoms with Gasteiger partial charge in [-0.25, -0.2) is 8.42 Å². The number of carbonyl (C=O) groups excluding carboxylic acids is 1. The topological polar surface area (TPSA) is 76.5 Å². The van der Waals surface area contributed by atoms with Crippen molar-refractivity contribution in [2.75, 3.05) is 13.3 Å². The van der Waals surface area contributed by atoms with Gasteiger partial charge in [0, 0.05) is 31.3 Å². The maximum Gasteiger partial charge on any atom is 0.175 e. The van der Waals surface area contributed by atoms with E-state index >= 15 is 0 Å². The zero-order valence-electron chi connectivity index (χ0n) is 13.7. The van der Waals surface area contributed by atoms with Gasteiger partial charge in [-0.05, 0) is 36.8 Å². The smallest absolute Gasteiger partial charge is 0.175 e. The summed E-state index contributed by atoms with van der Waals surface area (Å²) in [5, 5.41) is 0. The number of sulfone groups is 1. The van der Waals surface area contributed by atoms with Crippen LogP contribution in [-0.4, -0.2) is 38.7 Å². The molecule has 0 fully saturated rings. The van der Waals surface area contributed by atoms with Crippen LogP contribution in [0.1, 0.15) is 18.2 Å². The number of hydrogen-bond acceptors (Lipinski definition) is 5. The fourth-order valence-corrected chi connectivity index (χ4v) is 2.94. The normalized spacial score (nSPS) is 13.0. The third kappa shape index (κ3) is 4.02. The van der Waals surface area contributed by atoms with Crippen LogP contribution < -0.4 is 0 Å². The molecular formula is C18H18N2O3S. The highest BCUT2D eigenvalue weighted by molar-refractivity contribution is 7.90. The third-order valence-corrected chi connectivity index (χ3v) is 4.52.